The molecule has 210 valence electrons. The highest BCUT2D eigenvalue weighted by Gasteiger charge is 2.47. The molecule has 0 amide bonds. The molecule has 4 rings (SSSR count). The van der Waals surface area contributed by atoms with Gasteiger partial charge in [0.2, 0.25) is 6.29 Å². The molecular formula is C25H27O14+. The maximum atomic E-state index is 11.8. The van der Waals surface area contributed by atoms with Gasteiger partial charge in [0.05, 0.1) is 24.5 Å². The van der Waals surface area contributed by atoms with Gasteiger partial charge in [-0.25, -0.2) is 0 Å². The summed E-state index contributed by atoms with van der Waals surface area (Å²) in [5.41, 5.74) is 0.427. The smallest absolute Gasteiger partial charge is 0.306 e. The normalized spacial score (nSPS) is 26.1. The molecule has 0 radical (unpaired) electrons. The first-order valence-corrected chi connectivity index (χ1v) is 11.7. The predicted molar refractivity (Wildman–Crippen MR) is 128 cm³/mol. The van der Waals surface area contributed by atoms with Crippen LogP contribution in [-0.4, -0.2) is 94.8 Å². The second-order valence-electron chi connectivity index (χ2n) is 8.93. The maximum absolute atomic E-state index is 11.8. The van der Waals surface area contributed by atoms with Gasteiger partial charge in [0.25, 0.3) is 11.9 Å². The SMILES string of the molecule is O=C(O)CCC(=O)OCC1OC(OC2=Cc3c(O)cc(O)cc3[OH+]C2c2ccc(O)c(O)c2)C(O)C(O)C1O. The molecule has 0 spiro atoms. The molecule has 2 heterocycles. The predicted octanol–water partition coefficient (Wildman–Crippen LogP) is 0.0783. The minimum atomic E-state index is -1.80. The van der Waals surface area contributed by atoms with Crippen molar-refractivity contribution in [3.8, 4) is 28.7 Å². The Balaban J connectivity index is 1.60. The summed E-state index contributed by atoms with van der Waals surface area (Å²) in [6.45, 7) is -0.592. The number of benzene rings is 2. The third-order valence-electron chi connectivity index (χ3n) is 6.13. The molecule has 39 heavy (non-hydrogen) atoms. The lowest BCUT2D eigenvalue weighted by atomic mass is 9.98. The van der Waals surface area contributed by atoms with E-state index in [1.165, 1.54) is 30.3 Å². The fourth-order valence-corrected chi connectivity index (χ4v) is 4.08. The Bertz CT molecular complexity index is 1270. The van der Waals surface area contributed by atoms with Crippen LogP contribution in [0.4, 0.5) is 0 Å². The van der Waals surface area contributed by atoms with Gasteiger partial charge >= 0.3 is 11.9 Å². The number of carbonyl (C=O) groups excluding carboxylic acids is 1. The molecule has 0 bridgehead atoms. The standard InChI is InChI=1S/C25H26O14/c26-11-6-14(28)12-8-17(24(37-16(12)7-11)10-1-2-13(27)15(29)5-10)38-25-23(35)22(34)21(33)18(39-25)9-36-20(32)4-3-19(30)31/h1-2,5-8,18,21-29,33-35H,3-4,9H2,(H,30,31)/p+1. The summed E-state index contributed by atoms with van der Waals surface area (Å²) in [5, 5.41) is 79.9. The van der Waals surface area contributed by atoms with Crippen molar-refractivity contribution in [2.45, 2.75) is 49.7 Å². The van der Waals surface area contributed by atoms with Gasteiger partial charge < -0.3 is 59.8 Å². The Morgan fingerprint density at radius 2 is 1.64 bits per heavy atom. The minimum absolute atomic E-state index is 0.0570. The first-order valence-electron chi connectivity index (χ1n) is 11.7. The van der Waals surface area contributed by atoms with Crippen LogP contribution in [0.3, 0.4) is 0 Å². The Kier molecular flexibility index (Phi) is 8.01. The van der Waals surface area contributed by atoms with Gasteiger partial charge in [-0.2, -0.15) is 0 Å². The number of aliphatic hydroxyl groups is 4. The van der Waals surface area contributed by atoms with Crippen LogP contribution in [-0.2, 0) is 23.8 Å². The van der Waals surface area contributed by atoms with Crippen LogP contribution in [0, 0.1) is 0 Å². The number of carboxylic acid groups (broad SMARTS) is 1. The van der Waals surface area contributed by atoms with Gasteiger partial charge in [-0.3, -0.25) is 9.59 Å². The van der Waals surface area contributed by atoms with Crippen molar-refractivity contribution in [3.63, 3.8) is 0 Å². The fraction of sp³-hybridized carbons (Fsp3) is 0.360. The number of hydrogen-bond acceptors (Lipinski definition) is 12. The van der Waals surface area contributed by atoms with E-state index in [-0.39, 0.29) is 28.6 Å². The number of esters is 1. The molecular weight excluding hydrogens is 524 g/mol. The van der Waals surface area contributed by atoms with Crippen LogP contribution in [0.15, 0.2) is 36.1 Å². The highest BCUT2D eigenvalue weighted by molar-refractivity contribution is 5.76. The molecule has 2 aromatic carbocycles. The van der Waals surface area contributed by atoms with Crippen molar-refractivity contribution in [2.24, 2.45) is 0 Å². The molecule has 1 saturated heterocycles. The lowest BCUT2D eigenvalue weighted by molar-refractivity contribution is -0.296. The quantitative estimate of drug-likeness (QED) is 0.123. The molecule has 1 fully saturated rings. The van der Waals surface area contributed by atoms with Gasteiger partial charge in [0.1, 0.15) is 48.1 Å². The summed E-state index contributed by atoms with van der Waals surface area (Å²) < 4.78 is 20.8. The molecule has 14 nitrogen and oxygen atoms in total. The van der Waals surface area contributed by atoms with Gasteiger partial charge in [-0.1, -0.05) is 0 Å². The van der Waals surface area contributed by atoms with Crippen LogP contribution in [0.1, 0.15) is 30.1 Å². The number of carbonyl (C=O) groups is 2. The number of phenolic OH excluding ortho intramolecular Hbond substituents is 4. The maximum Gasteiger partial charge on any atom is 0.306 e. The summed E-state index contributed by atoms with van der Waals surface area (Å²) >= 11 is 0. The third kappa shape index (κ3) is 6.09. The van der Waals surface area contributed by atoms with Crippen LogP contribution in [0.25, 0.3) is 6.08 Å². The fourth-order valence-electron chi connectivity index (χ4n) is 4.08. The van der Waals surface area contributed by atoms with E-state index in [0.717, 1.165) is 6.07 Å². The Morgan fingerprint density at radius 1 is 0.897 bits per heavy atom. The lowest BCUT2D eigenvalue weighted by Crippen LogP contribution is -2.59. The number of phenols is 4. The molecule has 0 saturated carbocycles. The largest absolute Gasteiger partial charge is 0.571 e. The minimum Gasteiger partial charge on any atom is -0.571 e. The van der Waals surface area contributed by atoms with E-state index < -0.39 is 79.7 Å². The zero-order chi connectivity index (χ0) is 28.4. The number of carboxylic acids is 1. The van der Waals surface area contributed by atoms with Crippen LogP contribution >= 0.6 is 0 Å². The van der Waals surface area contributed by atoms with Gasteiger partial charge in [-0.15, -0.1) is 0 Å². The van der Waals surface area contributed by atoms with E-state index in [2.05, 4.69) is 4.74 Å². The summed E-state index contributed by atoms with van der Waals surface area (Å²) in [6, 6.07) is 6.16. The molecule has 6 atom stereocenters. The van der Waals surface area contributed by atoms with Gasteiger partial charge in [0.15, 0.2) is 17.3 Å². The van der Waals surface area contributed by atoms with E-state index in [9.17, 15) is 45.3 Å². The lowest BCUT2D eigenvalue weighted by Gasteiger charge is -2.40. The molecule has 2 aliphatic heterocycles. The van der Waals surface area contributed by atoms with Crippen LogP contribution in [0.2, 0.25) is 0 Å². The van der Waals surface area contributed by atoms with E-state index in [1.807, 2.05) is 0 Å². The average molecular weight is 551 g/mol. The van der Waals surface area contributed by atoms with Crippen molar-refractivity contribution in [1.29, 1.82) is 0 Å². The zero-order valence-electron chi connectivity index (χ0n) is 20.1. The number of fused-ring (bicyclic) bond motifs is 1. The number of aliphatic carboxylic acids is 1. The summed E-state index contributed by atoms with van der Waals surface area (Å²) in [7, 11) is 0. The first-order chi connectivity index (χ1) is 18.4. The van der Waals surface area contributed by atoms with Gasteiger partial charge in [0, 0.05) is 12.1 Å². The van der Waals surface area contributed by atoms with E-state index >= 15 is 0 Å². The van der Waals surface area contributed by atoms with Crippen molar-refractivity contribution in [3.05, 3.63) is 47.2 Å². The zero-order valence-corrected chi connectivity index (χ0v) is 20.1. The molecule has 2 aliphatic rings. The second kappa shape index (κ2) is 11.2. The third-order valence-corrected chi connectivity index (χ3v) is 6.13. The number of aromatic hydroxyl groups is 5. The highest BCUT2D eigenvalue weighted by atomic mass is 16.7. The summed E-state index contributed by atoms with van der Waals surface area (Å²) in [6.07, 6.45) is -8.97. The van der Waals surface area contributed by atoms with Crippen molar-refractivity contribution >= 4 is 18.0 Å². The number of ether oxygens (including phenoxy) is 4. The van der Waals surface area contributed by atoms with Crippen LogP contribution in [0.5, 0.6) is 28.7 Å². The van der Waals surface area contributed by atoms with Crippen molar-refractivity contribution in [2.75, 3.05) is 6.61 Å². The summed E-state index contributed by atoms with van der Waals surface area (Å²) in [4.78, 5) is 22.4. The molecule has 6 unspecified atom stereocenters. The summed E-state index contributed by atoms with van der Waals surface area (Å²) in [5.74, 6) is -3.49. The Hall–Kier alpha value is -4.24. The Labute approximate surface area is 220 Å². The van der Waals surface area contributed by atoms with Crippen molar-refractivity contribution < 1.29 is 69.4 Å². The molecule has 0 aromatic heterocycles. The van der Waals surface area contributed by atoms with E-state index in [0.29, 0.717) is 5.56 Å². The average Bonchev–Trinajstić information content (AvgIpc) is 2.88. The number of hydrogen-bond donors (Lipinski definition) is 8. The number of aliphatic hydroxyl groups excluding tert-OH is 3. The number of rotatable bonds is 8. The molecule has 14 heteroatoms. The topological polar surface area (TPSA) is 236 Å². The Morgan fingerprint density at radius 3 is 2.33 bits per heavy atom. The molecule has 2 aromatic rings. The molecule has 0 aliphatic carbocycles. The monoisotopic (exact) mass is 551 g/mol. The van der Waals surface area contributed by atoms with E-state index in [1.54, 1.807) is 0 Å². The molecule has 9 N–H and O–H groups in total. The second-order valence-corrected chi connectivity index (χ2v) is 8.93. The highest BCUT2D eigenvalue weighted by Crippen LogP contribution is 2.46. The van der Waals surface area contributed by atoms with Crippen LogP contribution < -0.4 is 0 Å². The van der Waals surface area contributed by atoms with Gasteiger partial charge in [-0.05, 0) is 18.2 Å². The van der Waals surface area contributed by atoms with E-state index in [4.69, 9.17) is 19.3 Å². The first kappa shape index (κ1) is 27.8. The van der Waals surface area contributed by atoms with Crippen molar-refractivity contribution in [1.82, 2.24) is 0 Å².